The predicted octanol–water partition coefficient (Wildman–Crippen LogP) is 4.59. The van der Waals surface area contributed by atoms with Crippen molar-refractivity contribution >= 4 is 0 Å². The van der Waals surface area contributed by atoms with E-state index in [4.69, 9.17) is 5.26 Å². The molecular weight excluding hydrogens is 251 g/mol. The van der Waals surface area contributed by atoms with Crippen molar-refractivity contribution in [1.82, 2.24) is 0 Å². The number of rotatable bonds is 2. The molecule has 1 saturated carbocycles. The van der Waals surface area contributed by atoms with Gasteiger partial charge < -0.3 is 0 Å². The van der Waals surface area contributed by atoms with Crippen LogP contribution in [0.1, 0.15) is 42.7 Å². The van der Waals surface area contributed by atoms with Crippen LogP contribution in [-0.4, -0.2) is 0 Å². The maximum atomic E-state index is 13.5. The zero-order valence-corrected chi connectivity index (χ0v) is 10.4. The molecule has 0 amide bonds. The molecule has 4 heteroatoms. The van der Waals surface area contributed by atoms with Gasteiger partial charge in [-0.3, -0.25) is 0 Å². The largest absolute Gasteiger partial charge is 0.216 e. The maximum Gasteiger partial charge on any atom is 0.144 e. The van der Waals surface area contributed by atoms with E-state index in [-0.39, 0.29) is 11.8 Å². The van der Waals surface area contributed by atoms with E-state index in [1.54, 1.807) is 0 Å². The van der Waals surface area contributed by atoms with Crippen LogP contribution in [0, 0.1) is 28.9 Å². The summed E-state index contributed by atoms with van der Waals surface area (Å²) in [6.07, 6.45) is 5.28. The highest BCUT2D eigenvalue weighted by molar-refractivity contribution is 5.36. The molecule has 0 radical (unpaired) electrons. The van der Waals surface area contributed by atoms with Gasteiger partial charge >= 0.3 is 0 Å². The van der Waals surface area contributed by atoms with Gasteiger partial charge in [0.05, 0.1) is 6.33 Å². The Hall–Kier alpha value is -1.76. The van der Waals surface area contributed by atoms with Crippen LogP contribution in [0.3, 0.4) is 0 Å². The molecule has 0 N–H and O–H groups in total. The van der Waals surface area contributed by atoms with E-state index in [0.717, 1.165) is 25.7 Å². The molecule has 0 unspecified atom stereocenters. The Morgan fingerprint density at radius 1 is 1.11 bits per heavy atom. The molecule has 0 aromatic heterocycles. The number of halogens is 3. The predicted molar refractivity (Wildman–Crippen MR) is 66.0 cm³/mol. The fourth-order valence-corrected chi connectivity index (χ4v) is 2.68. The van der Waals surface area contributed by atoms with Crippen molar-refractivity contribution in [2.24, 2.45) is 5.92 Å². The van der Waals surface area contributed by atoms with Gasteiger partial charge in [-0.15, -0.1) is 0 Å². The molecule has 0 bridgehead atoms. The van der Waals surface area contributed by atoms with Gasteiger partial charge in [-0.2, -0.15) is 5.26 Å². The first-order valence-electron chi connectivity index (χ1n) is 6.31. The zero-order chi connectivity index (χ0) is 13.8. The van der Waals surface area contributed by atoms with Gasteiger partial charge in [-0.25, -0.2) is 13.2 Å². The normalized spacial score (nSPS) is 23.5. The van der Waals surface area contributed by atoms with Crippen LogP contribution in [0.5, 0.6) is 0 Å². The zero-order valence-electron chi connectivity index (χ0n) is 10.4. The molecule has 100 valence electrons. The fraction of sp³-hybridized carbons (Fsp3) is 0.400. The van der Waals surface area contributed by atoms with Gasteiger partial charge in [-0.05, 0) is 55.2 Å². The van der Waals surface area contributed by atoms with Crippen molar-refractivity contribution in [2.75, 3.05) is 0 Å². The summed E-state index contributed by atoms with van der Waals surface area (Å²) >= 11 is 0. The van der Waals surface area contributed by atoms with Gasteiger partial charge in [0.15, 0.2) is 0 Å². The van der Waals surface area contributed by atoms with E-state index in [0.29, 0.717) is 11.9 Å². The number of allylic oxidation sites excluding steroid dienone is 1. The lowest BCUT2D eigenvalue weighted by Crippen LogP contribution is -2.12. The molecule has 0 aliphatic heterocycles. The van der Waals surface area contributed by atoms with Crippen LogP contribution in [0.4, 0.5) is 13.2 Å². The summed E-state index contributed by atoms with van der Waals surface area (Å²) < 4.78 is 39.2. The third kappa shape index (κ3) is 2.98. The quantitative estimate of drug-likeness (QED) is 0.767. The molecule has 19 heavy (non-hydrogen) atoms. The molecule has 1 aliphatic rings. The Kier molecular flexibility index (Phi) is 4.26. The highest BCUT2D eigenvalue weighted by Gasteiger charge is 2.23. The van der Waals surface area contributed by atoms with E-state index >= 15 is 0 Å². The first kappa shape index (κ1) is 13.7. The van der Waals surface area contributed by atoms with Crippen LogP contribution in [0.2, 0.25) is 0 Å². The summed E-state index contributed by atoms with van der Waals surface area (Å²) in [5.74, 6) is -1.30. The van der Waals surface area contributed by atoms with Crippen molar-refractivity contribution in [1.29, 1.82) is 5.26 Å². The van der Waals surface area contributed by atoms with Crippen molar-refractivity contribution < 1.29 is 13.2 Å². The Bertz CT molecular complexity index is 500. The fourth-order valence-electron chi connectivity index (χ4n) is 2.68. The lowest BCUT2D eigenvalue weighted by molar-refractivity contribution is 0.371. The third-order valence-corrected chi connectivity index (χ3v) is 3.76. The Morgan fingerprint density at radius 2 is 1.68 bits per heavy atom. The average Bonchev–Trinajstić information content (AvgIpc) is 2.39. The summed E-state index contributed by atoms with van der Waals surface area (Å²) in [5.41, 5.74) is 0.0643. The minimum absolute atomic E-state index is 0.0843. The van der Waals surface area contributed by atoms with Gasteiger partial charge in [-0.1, -0.05) is 6.08 Å². The van der Waals surface area contributed by atoms with Crippen molar-refractivity contribution in [3.63, 3.8) is 0 Å². The van der Waals surface area contributed by atoms with E-state index < -0.39 is 17.2 Å². The molecule has 2 rings (SSSR count). The van der Waals surface area contributed by atoms with E-state index in [2.05, 4.69) is 0 Å². The monoisotopic (exact) mass is 265 g/mol. The molecule has 0 atom stereocenters. The second-order valence-electron chi connectivity index (χ2n) is 4.90. The summed E-state index contributed by atoms with van der Waals surface area (Å²) in [7, 11) is 0. The van der Waals surface area contributed by atoms with Crippen LogP contribution < -0.4 is 0 Å². The SMILES string of the molecule is N#Cc1c(F)cc([C@H]2CC[C@H](C=CF)CC2)cc1F. The average molecular weight is 265 g/mol. The van der Waals surface area contributed by atoms with E-state index in [1.807, 2.05) is 0 Å². The van der Waals surface area contributed by atoms with Crippen LogP contribution in [-0.2, 0) is 0 Å². The summed E-state index contributed by atoms with van der Waals surface area (Å²) in [6, 6.07) is 4.01. The Morgan fingerprint density at radius 3 is 2.16 bits per heavy atom. The first-order chi connectivity index (χ1) is 9.15. The van der Waals surface area contributed by atoms with Gasteiger partial charge in [0, 0.05) is 0 Å². The van der Waals surface area contributed by atoms with Crippen molar-refractivity contribution in [3.8, 4) is 6.07 Å². The van der Waals surface area contributed by atoms with Crippen molar-refractivity contribution in [3.05, 3.63) is 47.3 Å². The minimum Gasteiger partial charge on any atom is -0.216 e. The molecule has 1 aliphatic carbocycles. The summed E-state index contributed by atoms with van der Waals surface area (Å²) in [6.45, 7) is 0. The number of nitriles is 1. The summed E-state index contributed by atoms with van der Waals surface area (Å²) in [4.78, 5) is 0. The first-order valence-corrected chi connectivity index (χ1v) is 6.31. The molecule has 1 nitrogen and oxygen atoms in total. The lowest BCUT2D eigenvalue weighted by Gasteiger charge is -2.27. The molecular formula is C15H14F3N. The summed E-state index contributed by atoms with van der Waals surface area (Å²) in [5, 5.41) is 8.62. The molecule has 0 spiro atoms. The van der Waals surface area contributed by atoms with E-state index in [1.165, 1.54) is 24.3 Å². The van der Waals surface area contributed by atoms with Gasteiger partial charge in [0.2, 0.25) is 0 Å². The highest BCUT2D eigenvalue weighted by Crippen LogP contribution is 2.37. The molecule has 1 aromatic carbocycles. The lowest BCUT2D eigenvalue weighted by atomic mass is 9.78. The number of hydrogen-bond donors (Lipinski definition) is 0. The molecule has 1 fully saturated rings. The molecule has 0 saturated heterocycles. The molecule has 0 heterocycles. The van der Waals surface area contributed by atoms with Crippen LogP contribution in [0.25, 0.3) is 0 Å². The van der Waals surface area contributed by atoms with Crippen molar-refractivity contribution in [2.45, 2.75) is 31.6 Å². The second-order valence-corrected chi connectivity index (χ2v) is 4.90. The highest BCUT2D eigenvalue weighted by atomic mass is 19.1. The number of nitrogens with zero attached hydrogens (tertiary/aromatic N) is 1. The number of benzene rings is 1. The number of hydrogen-bond acceptors (Lipinski definition) is 1. The molecule has 1 aromatic rings. The van der Waals surface area contributed by atoms with Crippen LogP contribution in [0.15, 0.2) is 24.5 Å². The second kappa shape index (κ2) is 5.92. The van der Waals surface area contributed by atoms with Crippen LogP contribution >= 0.6 is 0 Å². The Balaban J connectivity index is 2.14. The topological polar surface area (TPSA) is 23.8 Å². The minimum atomic E-state index is -0.803. The van der Waals surface area contributed by atoms with Gasteiger partial charge in [0.25, 0.3) is 0 Å². The van der Waals surface area contributed by atoms with E-state index in [9.17, 15) is 13.2 Å². The third-order valence-electron chi connectivity index (χ3n) is 3.76. The van der Waals surface area contributed by atoms with Gasteiger partial charge in [0.1, 0.15) is 23.3 Å². The Labute approximate surface area is 110 Å². The smallest absolute Gasteiger partial charge is 0.144 e. The standard InChI is InChI=1S/C15H14F3N/c16-6-5-10-1-3-11(4-2-10)12-7-14(17)13(9-19)15(18)8-12/h5-8,10-11H,1-4H2/t10-,11-. The maximum absolute atomic E-state index is 13.5.